The van der Waals surface area contributed by atoms with Gasteiger partial charge < -0.3 is 15.3 Å². The van der Waals surface area contributed by atoms with Crippen molar-refractivity contribution in [3.05, 3.63) is 0 Å². The molecule has 0 aromatic rings. The van der Waals surface area contributed by atoms with E-state index in [1.807, 2.05) is 0 Å². The second kappa shape index (κ2) is 4.08. The molecule has 5 nitrogen and oxygen atoms in total. The maximum atomic E-state index is 11.3. The van der Waals surface area contributed by atoms with Crippen LogP contribution in [0.1, 0.15) is 19.3 Å². The summed E-state index contributed by atoms with van der Waals surface area (Å²) in [6.07, 6.45) is 2.66. The summed E-state index contributed by atoms with van der Waals surface area (Å²) in [5.74, 6) is -0.818. The van der Waals surface area contributed by atoms with Crippen molar-refractivity contribution in [1.29, 1.82) is 0 Å². The third kappa shape index (κ3) is 2.06. The van der Waals surface area contributed by atoms with E-state index < -0.39 is 5.97 Å². The van der Waals surface area contributed by atoms with Crippen molar-refractivity contribution < 1.29 is 14.7 Å². The largest absolute Gasteiger partial charge is 0.481 e. The average Bonchev–Trinajstić information content (AvgIpc) is 2.77. The molecule has 2 amide bonds. The lowest BCUT2D eigenvalue weighted by atomic mass is 9.96. The van der Waals surface area contributed by atoms with E-state index in [1.54, 1.807) is 4.90 Å². The van der Waals surface area contributed by atoms with Gasteiger partial charge in [-0.3, -0.25) is 4.79 Å². The molecular weight excluding hydrogens is 196 g/mol. The monoisotopic (exact) mass is 212 g/mol. The SMILES string of the molecule is O=C(O)C1CCCC1CN1CCNC1=O. The van der Waals surface area contributed by atoms with E-state index >= 15 is 0 Å². The summed E-state index contributed by atoms with van der Waals surface area (Å²) < 4.78 is 0. The number of aliphatic carboxylic acids is 1. The van der Waals surface area contributed by atoms with Crippen LogP contribution in [-0.4, -0.2) is 41.6 Å². The maximum absolute atomic E-state index is 11.3. The van der Waals surface area contributed by atoms with Gasteiger partial charge in [-0.15, -0.1) is 0 Å². The Morgan fingerprint density at radius 3 is 2.93 bits per heavy atom. The zero-order valence-electron chi connectivity index (χ0n) is 8.61. The molecule has 1 saturated heterocycles. The lowest BCUT2D eigenvalue weighted by Crippen LogP contribution is -2.35. The first-order chi connectivity index (χ1) is 7.18. The molecule has 1 heterocycles. The van der Waals surface area contributed by atoms with Crippen LogP contribution >= 0.6 is 0 Å². The summed E-state index contributed by atoms with van der Waals surface area (Å²) in [6.45, 7) is 1.99. The van der Waals surface area contributed by atoms with Gasteiger partial charge in [0.05, 0.1) is 5.92 Å². The number of rotatable bonds is 3. The quantitative estimate of drug-likeness (QED) is 0.716. The molecule has 0 spiro atoms. The molecule has 0 aromatic heterocycles. The van der Waals surface area contributed by atoms with Crippen molar-refractivity contribution in [2.45, 2.75) is 19.3 Å². The third-order valence-corrected chi connectivity index (χ3v) is 3.38. The second-order valence-electron chi connectivity index (χ2n) is 4.31. The van der Waals surface area contributed by atoms with Gasteiger partial charge in [0.1, 0.15) is 0 Å². The van der Waals surface area contributed by atoms with Crippen LogP contribution in [0, 0.1) is 11.8 Å². The van der Waals surface area contributed by atoms with E-state index in [0.717, 1.165) is 19.3 Å². The van der Waals surface area contributed by atoms with Crippen LogP contribution in [0.2, 0.25) is 0 Å². The Hall–Kier alpha value is -1.26. The molecule has 2 aliphatic rings. The molecule has 15 heavy (non-hydrogen) atoms. The lowest BCUT2D eigenvalue weighted by Gasteiger charge is -2.22. The topological polar surface area (TPSA) is 69.6 Å². The standard InChI is InChI=1S/C10H16N2O3/c13-9(14)8-3-1-2-7(8)6-12-5-4-11-10(12)15/h7-8H,1-6H2,(H,11,15)(H,13,14). The van der Waals surface area contributed by atoms with Gasteiger partial charge >= 0.3 is 12.0 Å². The van der Waals surface area contributed by atoms with Gasteiger partial charge in [0.15, 0.2) is 0 Å². The minimum absolute atomic E-state index is 0.0500. The van der Waals surface area contributed by atoms with Crippen molar-refractivity contribution in [3.8, 4) is 0 Å². The highest BCUT2D eigenvalue weighted by Gasteiger charge is 2.35. The van der Waals surface area contributed by atoms with Gasteiger partial charge in [-0.1, -0.05) is 6.42 Å². The molecule has 2 atom stereocenters. The van der Waals surface area contributed by atoms with Gasteiger partial charge in [0.2, 0.25) is 0 Å². The van der Waals surface area contributed by atoms with Gasteiger partial charge in [-0.05, 0) is 18.8 Å². The molecule has 1 aliphatic carbocycles. The summed E-state index contributed by atoms with van der Waals surface area (Å²) in [4.78, 5) is 24.0. The Balaban J connectivity index is 1.93. The molecular formula is C10H16N2O3. The predicted molar refractivity (Wildman–Crippen MR) is 53.4 cm³/mol. The minimum atomic E-state index is -0.711. The fraction of sp³-hybridized carbons (Fsp3) is 0.800. The van der Waals surface area contributed by atoms with E-state index in [1.165, 1.54) is 0 Å². The Labute approximate surface area is 88.4 Å². The van der Waals surface area contributed by atoms with Gasteiger partial charge in [-0.2, -0.15) is 0 Å². The van der Waals surface area contributed by atoms with Crippen molar-refractivity contribution >= 4 is 12.0 Å². The molecule has 2 fully saturated rings. The van der Waals surface area contributed by atoms with Crippen LogP contribution in [0.4, 0.5) is 4.79 Å². The van der Waals surface area contributed by atoms with Crippen molar-refractivity contribution in [1.82, 2.24) is 10.2 Å². The van der Waals surface area contributed by atoms with Crippen molar-refractivity contribution in [3.63, 3.8) is 0 Å². The van der Waals surface area contributed by atoms with Crippen LogP contribution < -0.4 is 5.32 Å². The van der Waals surface area contributed by atoms with Gasteiger partial charge in [0, 0.05) is 19.6 Å². The third-order valence-electron chi connectivity index (χ3n) is 3.38. The smallest absolute Gasteiger partial charge is 0.317 e. The molecule has 84 valence electrons. The van der Waals surface area contributed by atoms with E-state index in [-0.39, 0.29) is 17.9 Å². The number of carboxylic acid groups (broad SMARTS) is 1. The van der Waals surface area contributed by atoms with Crippen LogP contribution in [0.3, 0.4) is 0 Å². The van der Waals surface area contributed by atoms with Crippen LogP contribution in [0.15, 0.2) is 0 Å². The van der Waals surface area contributed by atoms with E-state index in [2.05, 4.69) is 5.32 Å². The number of urea groups is 1. The summed E-state index contributed by atoms with van der Waals surface area (Å²) in [6, 6.07) is -0.0500. The van der Waals surface area contributed by atoms with E-state index in [4.69, 9.17) is 5.11 Å². The van der Waals surface area contributed by atoms with Gasteiger partial charge in [0.25, 0.3) is 0 Å². The zero-order valence-corrected chi connectivity index (χ0v) is 8.61. The number of carbonyl (C=O) groups is 2. The lowest BCUT2D eigenvalue weighted by molar-refractivity contribution is -0.143. The molecule has 5 heteroatoms. The number of nitrogens with one attached hydrogen (secondary N) is 1. The molecule has 0 radical (unpaired) electrons. The predicted octanol–water partition coefficient (Wildman–Crippen LogP) is 0.512. The zero-order chi connectivity index (χ0) is 10.8. The minimum Gasteiger partial charge on any atom is -0.481 e. The average molecular weight is 212 g/mol. The first-order valence-corrected chi connectivity index (χ1v) is 5.44. The number of hydrogen-bond donors (Lipinski definition) is 2. The maximum Gasteiger partial charge on any atom is 0.317 e. The number of amides is 2. The van der Waals surface area contributed by atoms with Gasteiger partial charge in [-0.25, -0.2) is 4.79 Å². The first-order valence-electron chi connectivity index (χ1n) is 5.44. The fourth-order valence-electron chi connectivity index (χ4n) is 2.55. The molecule has 1 aliphatic heterocycles. The van der Waals surface area contributed by atoms with Crippen molar-refractivity contribution in [2.75, 3.05) is 19.6 Å². The highest BCUT2D eigenvalue weighted by atomic mass is 16.4. The molecule has 2 rings (SSSR count). The summed E-state index contributed by atoms with van der Waals surface area (Å²) in [7, 11) is 0. The Kier molecular flexibility index (Phi) is 2.79. The Morgan fingerprint density at radius 2 is 2.33 bits per heavy atom. The molecule has 1 saturated carbocycles. The van der Waals surface area contributed by atoms with Crippen LogP contribution in [0.5, 0.6) is 0 Å². The highest BCUT2D eigenvalue weighted by Crippen LogP contribution is 2.32. The van der Waals surface area contributed by atoms with E-state index in [9.17, 15) is 9.59 Å². The number of nitrogens with zero attached hydrogens (tertiary/aromatic N) is 1. The van der Waals surface area contributed by atoms with Crippen LogP contribution in [-0.2, 0) is 4.79 Å². The molecule has 0 bridgehead atoms. The molecule has 2 N–H and O–H groups in total. The highest BCUT2D eigenvalue weighted by molar-refractivity contribution is 5.76. The number of carboxylic acids is 1. The fourth-order valence-corrected chi connectivity index (χ4v) is 2.55. The summed E-state index contributed by atoms with van der Waals surface area (Å²) in [5.41, 5.74) is 0. The number of hydrogen-bond acceptors (Lipinski definition) is 2. The number of carbonyl (C=O) groups excluding carboxylic acids is 1. The first kappa shape index (κ1) is 10.3. The Bertz CT molecular complexity index is 280. The second-order valence-corrected chi connectivity index (χ2v) is 4.31. The Morgan fingerprint density at radius 1 is 1.53 bits per heavy atom. The van der Waals surface area contributed by atoms with Crippen molar-refractivity contribution in [2.24, 2.45) is 11.8 Å². The summed E-state index contributed by atoms with van der Waals surface area (Å²) in [5, 5.41) is 11.7. The van der Waals surface area contributed by atoms with Crippen LogP contribution in [0.25, 0.3) is 0 Å². The van der Waals surface area contributed by atoms with E-state index in [0.29, 0.717) is 19.6 Å². The normalized spacial score (nSPS) is 30.7. The molecule has 0 aromatic carbocycles. The molecule has 2 unspecified atom stereocenters. The summed E-state index contributed by atoms with van der Waals surface area (Å²) >= 11 is 0.